The highest BCUT2D eigenvalue weighted by Crippen LogP contribution is 2.18. The summed E-state index contributed by atoms with van der Waals surface area (Å²) in [4.78, 5) is 12.0. The number of amides is 1. The van der Waals surface area contributed by atoms with Gasteiger partial charge in [-0.05, 0) is 41.5 Å². The average molecular weight is 403 g/mol. The number of ether oxygens (including phenoxy) is 1. The molecule has 0 spiro atoms. The lowest BCUT2D eigenvalue weighted by molar-refractivity contribution is 0.0940. The van der Waals surface area contributed by atoms with Crippen molar-refractivity contribution >= 4 is 45.5 Å². The molecule has 0 bridgehead atoms. The van der Waals surface area contributed by atoms with Crippen LogP contribution < -0.4 is 5.32 Å². The topological polar surface area (TPSA) is 56.2 Å². The minimum Gasteiger partial charge on any atom is -0.376 e. The van der Waals surface area contributed by atoms with Gasteiger partial charge in [0.25, 0.3) is 5.91 Å². The van der Waals surface area contributed by atoms with Gasteiger partial charge in [0, 0.05) is 18.2 Å². The Morgan fingerprint density at radius 1 is 1.65 bits per heavy atom. The van der Waals surface area contributed by atoms with E-state index in [1.807, 2.05) is 22.3 Å². The van der Waals surface area contributed by atoms with Crippen LogP contribution in [-0.2, 0) is 11.3 Å². The number of thiophene rings is 1. The fraction of sp³-hybridized carbons (Fsp3) is 0.385. The van der Waals surface area contributed by atoms with Crippen LogP contribution in [0.1, 0.15) is 23.2 Å². The molecule has 1 unspecified atom stereocenters. The van der Waals surface area contributed by atoms with Crippen LogP contribution in [0, 0.1) is 2.88 Å². The van der Waals surface area contributed by atoms with E-state index < -0.39 is 0 Å². The summed E-state index contributed by atoms with van der Waals surface area (Å²) in [6, 6.07) is 1.87. The van der Waals surface area contributed by atoms with E-state index in [4.69, 9.17) is 4.74 Å². The van der Waals surface area contributed by atoms with Crippen molar-refractivity contribution in [3.8, 4) is 0 Å². The molecule has 3 rings (SSSR count). The van der Waals surface area contributed by atoms with Gasteiger partial charge in [0.2, 0.25) is 0 Å². The van der Waals surface area contributed by atoms with Crippen LogP contribution in [0.15, 0.2) is 23.8 Å². The second-order valence-corrected chi connectivity index (χ2v) is 7.49. The summed E-state index contributed by atoms with van der Waals surface area (Å²) in [5.74, 6) is -0.0965. The van der Waals surface area contributed by atoms with Crippen LogP contribution in [0.2, 0.25) is 0 Å². The van der Waals surface area contributed by atoms with E-state index in [0.29, 0.717) is 11.3 Å². The van der Waals surface area contributed by atoms with Gasteiger partial charge in [-0.15, -0.1) is 11.3 Å². The van der Waals surface area contributed by atoms with Crippen molar-refractivity contribution in [1.82, 2.24) is 9.78 Å². The predicted molar refractivity (Wildman–Crippen MR) is 86.2 cm³/mol. The van der Waals surface area contributed by atoms with E-state index in [1.165, 1.54) is 0 Å². The van der Waals surface area contributed by atoms with Crippen molar-refractivity contribution in [1.29, 1.82) is 0 Å². The number of nitrogens with one attached hydrogen (secondary N) is 1. The maximum Gasteiger partial charge on any atom is 0.256 e. The van der Waals surface area contributed by atoms with Crippen LogP contribution in [0.4, 0.5) is 5.69 Å². The number of rotatable bonds is 4. The van der Waals surface area contributed by atoms with Gasteiger partial charge in [-0.25, -0.2) is 0 Å². The first kappa shape index (κ1) is 14.0. The molecule has 1 fully saturated rings. The van der Waals surface area contributed by atoms with Crippen LogP contribution >= 0.6 is 33.9 Å². The number of hydrogen-bond acceptors (Lipinski definition) is 4. The maximum atomic E-state index is 12.0. The van der Waals surface area contributed by atoms with Gasteiger partial charge >= 0.3 is 0 Å². The number of carbonyl (C=O) groups is 1. The van der Waals surface area contributed by atoms with E-state index in [-0.39, 0.29) is 12.0 Å². The third kappa shape index (κ3) is 3.39. The summed E-state index contributed by atoms with van der Waals surface area (Å²) in [5, 5.41) is 8.97. The molecular formula is C13H14IN3O2S. The molecule has 1 aliphatic heterocycles. The molecule has 5 nitrogen and oxygen atoms in total. The lowest BCUT2D eigenvalue weighted by atomic mass is 10.2. The van der Waals surface area contributed by atoms with Crippen molar-refractivity contribution in [2.75, 3.05) is 11.9 Å². The van der Waals surface area contributed by atoms with Gasteiger partial charge < -0.3 is 10.1 Å². The number of nitrogens with zero attached hydrogens (tertiary/aromatic N) is 2. The Morgan fingerprint density at radius 2 is 2.55 bits per heavy atom. The molecule has 1 saturated heterocycles. The highest BCUT2D eigenvalue weighted by molar-refractivity contribution is 14.1. The summed E-state index contributed by atoms with van der Waals surface area (Å²) in [7, 11) is 0. The zero-order chi connectivity index (χ0) is 13.9. The van der Waals surface area contributed by atoms with E-state index in [2.05, 4.69) is 33.0 Å². The van der Waals surface area contributed by atoms with Gasteiger partial charge in [0.1, 0.15) is 0 Å². The molecule has 0 saturated carbocycles. The lowest BCUT2D eigenvalue weighted by Gasteiger charge is -2.08. The largest absolute Gasteiger partial charge is 0.376 e. The maximum absolute atomic E-state index is 12.0. The Hall–Kier alpha value is -0.930. The minimum absolute atomic E-state index is 0.0965. The second-order valence-electron chi connectivity index (χ2n) is 4.68. The van der Waals surface area contributed by atoms with E-state index in [0.717, 1.165) is 28.9 Å². The molecule has 20 heavy (non-hydrogen) atoms. The summed E-state index contributed by atoms with van der Waals surface area (Å²) >= 11 is 3.76. The summed E-state index contributed by atoms with van der Waals surface area (Å²) in [6.45, 7) is 1.58. The highest BCUT2D eigenvalue weighted by atomic mass is 127. The molecular weight excluding hydrogens is 389 g/mol. The van der Waals surface area contributed by atoms with Gasteiger partial charge in [-0.3, -0.25) is 9.48 Å². The number of anilines is 1. The molecule has 3 heterocycles. The standard InChI is InChI=1S/C13H14IN3O2S/c14-12-4-9(8-20-12)13(18)16-10-5-15-17(6-10)7-11-2-1-3-19-11/h4-6,8,11H,1-3,7H2,(H,16,18). The van der Waals surface area contributed by atoms with Crippen molar-refractivity contribution < 1.29 is 9.53 Å². The third-order valence-corrected chi connectivity index (χ3v) is 4.92. The Bertz CT molecular complexity index is 604. The van der Waals surface area contributed by atoms with Gasteiger partial charge in [-0.2, -0.15) is 5.10 Å². The van der Waals surface area contributed by atoms with Gasteiger partial charge in [0.05, 0.1) is 33.0 Å². The van der Waals surface area contributed by atoms with E-state index >= 15 is 0 Å². The van der Waals surface area contributed by atoms with Crippen molar-refractivity contribution in [3.63, 3.8) is 0 Å². The number of hydrogen-bond donors (Lipinski definition) is 1. The number of aromatic nitrogens is 2. The summed E-state index contributed by atoms with van der Waals surface area (Å²) in [6.07, 6.45) is 5.96. The first-order chi connectivity index (χ1) is 9.70. The normalized spacial score (nSPS) is 18.4. The summed E-state index contributed by atoms with van der Waals surface area (Å²) in [5.41, 5.74) is 1.40. The van der Waals surface area contributed by atoms with Crippen LogP contribution in [0.3, 0.4) is 0 Å². The smallest absolute Gasteiger partial charge is 0.256 e. The van der Waals surface area contributed by atoms with Crippen molar-refractivity contribution in [3.05, 3.63) is 32.3 Å². The molecule has 1 amide bonds. The molecule has 1 atom stereocenters. The fourth-order valence-electron chi connectivity index (χ4n) is 2.16. The van der Waals surface area contributed by atoms with Crippen molar-refractivity contribution in [2.45, 2.75) is 25.5 Å². The quantitative estimate of drug-likeness (QED) is 0.799. The van der Waals surface area contributed by atoms with E-state index in [1.54, 1.807) is 17.5 Å². The second kappa shape index (κ2) is 6.23. The molecule has 2 aromatic rings. The van der Waals surface area contributed by atoms with Crippen molar-refractivity contribution in [2.24, 2.45) is 0 Å². The number of carbonyl (C=O) groups excluding carboxylic acids is 1. The third-order valence-electron chi connectivity index (χ3n) is 3.14. The molecule has 106 valence electrons. The Balaban J connectivity index is 1.60. The first-order valence-corrected chi connectivity index (χ1v) is 8.36. The molecule has 1 N–H and O–H groups in total. The Kier molecular flexibility index (Phi) is 4.37. The molecule has 7 heteroatoms. The van der Waals surface area contributed by atoms with E-state index in [9.17, 15) is 4.79 Å². The van der Waals surface area contributed by atoms with Gasteiger partial charge in [0.15, 0.2) is 0 Å². The molecule has 0 aromatic carbocycles. The van der Waals surface area contributed by atoms with Crippen LogP contribution in [0.5, 0.6) is 0 Å². The first-order valence-electron chi connectivity index (χ1n) is 6.40. The minimum atomic E-state index is -0.0965. The zero-order valence-corrected chi connectivity index (χ0v) is 13.7. The molecule has 0 radical (unpaired) electrons. The molecule has 2 aromatic heterocycles. The van der Waals surface area contributed by atoms with Crippen LogP contribution in [0.25, 0.3) is 0 Å². The van der Waals surface area contributed by atoms with Crippen LogP contribution in [-0.4, -0.2) is 28.4 Å². The SMILES string of the molecule is O=C(Nc1cnn(CC2CCCO2)c1)c1csc(I)c1. The predicted octanol–water partition coefficient (Wildman–Crippen LogP) is 2.98. The molecule has 1 aliphatic rings. The highest BCUT2D eigenvalue weighted by Gasteiger charge is 2.16. The summed E-state index contributed by atoms with van der Waals surface area (Å²) < 4.78 is 8.49. The monoisotopic (exact) mass is 403 g/mol. The Labute approximate surface area is 134 Å². The van der Waals surface area contributed by atoms with Gasteiger partial charge in [-0.1, -0.05) is 0 Å². The zero-order valence-electron chi connectivity index (χ0n) is 10.7. The number of halogens is 1. The Morgan fingerprint density at radius 3 is 3.25 bits per heavy atom. The lowest BCUT2D eigenvalue weighted by Crippen LogP contribution is -2.15. The molecule has 0 aliphatic carbocycles. The average Bonchev–Trinajstić information content (AvgIpc) is 3.13. The fourth-order valence-corrected chi connectivity index (χ4v) is 3.48.